The lowest BCUT2D eigenvalue weighted by atomic mass is 9.97. The molecule has 23 heavy (non-hydrogen) atoms. The predicted molar refractivity (Wildman–Crippen MR) is 92.4 cm³/mol. The van der Waals surface area contributed by atoms with Crippen molar-refractivity contribution in [3.05, 3.63) is 0 Å². The van der Waals surface area contributed by atoms with Gasteiger partial charge in [-0.3, -0.25) is 4.99 Å². The van der Waals surface area contributed by atoms with Crippen molar-refractivity contribution in [3.8, 4) is 0 Å². The number of amides is 1. The maximum atomic E-state index is 12.0. The summed E-state index contributed by atoms with van der Waals surface area (Å²) in [5, 5.41) is 0. The van der Waals surface area contributed by atoms with Gasteiger partial charge in [-0.15, -0.1) is 0 Å². The molecule has 0 unspecified atom stereocenters. The van der Waals surface area contributed by atoms with Gasteiger partial charge in [-0.2, -0.15) is 0 Å². The van der Waals surface area contributed by atoms with Gasteiger partial charge in [-0.25, -0.2) is 4.79 Å². The van der Waals surface area contributed by atoms with Crippen LogP contribution >= 0.6 is 0 Å². The van der Waals surface area contributed by atoms with E-state index in [1.165, 1.54) is 19.3 Å². The van der Waals surface area contributed by atoms with Crippen LogP contribution in [-0.2, 0) is 4.74 Å². The van der Waals surface area contributed by atoms with Crippen molar-refractivity contribution >= 4 is 12.1 Å². The van der Waals surface area contributed by atoms with Gasteiger partial charge >= 0.3 is 6.09 Å². The van der Waals surface area contributed by atoms with Crippen LogP contribution in [0.1, 0.15) is 52.9 Å². The number of nitrogens with two attached hydrogens (primary N) is 1. The number of rotatable bonds is 2. The summed E-state index contributed by atoms with van der Waals surface area (Å²) in [5.74, 6) is 1.20. The second-order valence-corrected chi connectivity index (χ2v) is 7.66. The molecule has 0 aromatic heterocycles. The molecule has 2 N–H and O–H groups in total. The minimum atomic E-state index is -0.429. The normalized spacial score (nSPS) is 21.4. The largest absolute Gasteiger partial charge is 0.444 e. The van der Waals surface area contributed by atoms with Crippen LogP contribution in [0.15, 0.2) is 4.99 Å². The molecular weight excluding hydrogens is 292 g/mol. The highest BCUT2D eigenvalue weighted by molar-refractivity contribution is 5.78. The molecule has 2 saturated heterocycles. The molecular formula is C17H32N4O2. The standard InChI is InChI=1S/C17H32N4O2/c1-17(2,3)23-16(22)21-11-7-14(8-12-21)13-19-15(18)20-9-5-4-6-10-20/h14H,4-13H2,1-3H3,(H2,18,19). The molecule has 2 rings (SSSR count). The topological polar surface area (TPSA) is 71.2 Å². The van der Waals surface area contributed by atoms with Gasteiger partial charge in [0.25, 0.3) is 0 Å². The second-order valence-electron chi connectivity index (χ2n) is 7.66. The molecule has 2 aliphatic rings. The predicted octanol–water partition coefficient (Wildman–Crippen LogP) is 2.43. The molecule has 6 nitrogen and oxygen atoms in total. The third-order valence-corrected chi connectivity index (χ3v) is 4.46. The fraction of sp³-hybridized carbons (Fsp3) is 0.882. The number of ether oxygens (including phenoxy) is 1. The Morgan fingerprint density at radius 2 is 1.70 bits per heavy atom. The SMILES string of the molecule is CC(C)(C)OC(=O)N1CCC(CN=C(N)N2CCCCC2)CC1. The number of nitrogens with zero attached hydrogens (tertiary/aromatic N) is 3. The highest BCUT2D eigenvalue weighted by atomic mass is 16.6. The Bertz CT molecular complexity index is 417. The van der Waals surface area contributed by atoms with Crippen molar-refractivity contribution < 1.29 is 9.53 Å². The maximum absolute atomic E-state index is 12.0. The van der Waals surface area contributed by atoms with Crippen LogP contribution in [-0.4, -0.2) is 60.2 Å². The summed E-state index contributed by atoms with van der Waals surface area (Å²) in [4.78, 5) is 20.6. The number of hydrogen-bond donors (Lipinski definition) is 1. The molecule has 0 radical (unpaired) electrons. The van der Waals surface area contributed by atoms with Gasteiger partial charge in [0.15, 0.2) is 5.96 Å². The van der Waals surface area contributed by atoms with Crippen molar-refractivity contribution in [2.45, 2.75) is 58.5 Å². The fourth-order valence-electron chi connectivity index (χ4n) is 3.07. The Morgan fingerprint density at radius 3 is 2.26 bits per heavy atom. The summed E-state index contributed by atoms with van der Waals surface area (Å²) in [6.45, 7) is 10.0. The van der Waals surface area contributed by atoms with E-state index in [2.05, 4.69) is 9.89 Å². The maximum Gasteiger partial charge on any atom is 0.410 e. The van der Waals surface area contributed by atoms with Gasteiger partial charge in [0.05, 0.1) is 0 Å². The van der Waals surface area contributed by atoms with Gasteiger partial charge < -0.3 is 20.3 Å². The number of aliphatic imine (C=N–C) groups is 1. The summed E-state index contributed by atoms with van der Waals surface area (Å²) in [5.41, 5.74) is 5.67. The lowest BCUT2D eigenvalue weighted by Crippen LogP contribution is -2.43. The Balaban J connectivity index is 1.73. The first-order valence-electron chi connectivity index (χ1n) is 8.88. The van der Waals surface area contributed by atoms with E-state index in [0.717, 1.165) is 45.6 Å². The third kappa shape index (κ3) is 5.92. The van der Waals surface area contributed by atoms with E-state index in [1.807, 2.05) is 20.8 Å². The van der Waals surface area contributed by atoms with Crippen LogP contribution in [0.3, 0.4) is 0 Å². The minimum absolute atomic E-state index is 0.202. The number of piperidine rings is 2. The number of likely N-dealkylation sites (tertiary alicyclic amines) is 2. The molecule has 0 bridgehead atoms. The summed E-state index contributed by atoms with van der Waals surface area (Å²) in [6, 6.07) is 0. The number of guanidine groups is 1. The monoisotopic (exact) mass is 324 g/mol. The lowest BCUT2D eigenvalue weighted by Gasteiger charge is -2.33. The molecule has 0 spiro atoms. The van der Waals surface area contributed by atoms with E-state index in [0.29, 0.717) is 11.9 Å². The van der Waals surface area contributed by atoms with Crippen molar-refractivity contribution in [2.75, 3.05) is 32.7 Å². The average molecular weight is 324 g/mol. The van der Waals surface area contributed by atoms with E-state index in [9.17, 15) is 4.79 Å². The number of carbonyl (C=O) groups is 1. The molecule has 1 amide bonds. The highest BCUT2D eigenvalue weighted by Crippen LogP contribution is 2.20. The zero-order valence-corrected chi connectivity index (χ0v) is 14.9. The van der Waals surface area contributed by atoms with Crippen molar-refractivity contribution in [1.82, 2.24) is 9.80 Å². The van der Waals surface area contributed by atoms with Gasteiger partial charge in [0, 0.05) is 32.7 Å². The van der Waals surface area contributed by atoms with Crippen molar-refractivity contribution in [2.24, 2.45) is 16.6 Å². The van der Waals surface area contributed by atoms with Gasteiger partial charge in [0.2, 0.25) is 0 Å². The first-order chi connectivity index (χ1) is 10.8. The van der Waals surface area contributed by atoms with Gasteiger partial charge in [-0.05, 0) is 58.8 Å². The number of carbonyl (C=O) groups excluding carboxylic acids is 1. The van der Waals surface area contributed by atoms with Gasteiger partial charge in [-0.1, -0.05) is 0 Å². The van der Waals surface area contributed by atoms with Gasteiger partial charge in [0.1, 0.15) is 5.60 Å². The smallest absolute Gasteiger partial charge is 0.410 e. The van der Waals surface area contributed by atoms with E-state index in [1.54, 1.807) is 4.90 Å². The van der Waals surface area contributed by atoms with Crippen LogP contribution in [0.25, 0.3) is 0 Å². The quantitative estimate of drug-likeness (QED) is 0.625. The van der Waals surface area contributed by atoms with E-state index < -0.39 is 5.60 Å². The Hall–Kier alpha value is -1.46. The summed E-state index contributed by atoms with van der Waals surface area (Å²) in [7, 11) is 0. The first kappa shape index (κ1) is 17.9. The number of hydrogen-bond acceptors (Lipinski definition) is 3. The highest BCUT2D eigenvalue weighted by Gasteiger charge is 2.26. The molecule has 6 heteroatoms. The van der Waals surface area contributed by atoms with Crippen molar-refractivity contribution in [1.29, 1.82) is 0 Å². The molecule has 2 heterocycles. The van der Waals surface area contributed by atoms with E-state index in [-0.39, 0.29) is 6.09 Å². The van der Waals surface area contributed by atoms with E-state index in [4.69, 9.17) is 10.5 Å². The van der Waals surface area contributed by atoms with Crippen LogP contribution in [0.4, 0.5) is 4.79 Å². The molecule has 2 aliphatic heterocycles. The molecule has 0 aliphatic carbocycles. The first-order valence-corrected chi connectivity index (χ1v) is 8.88. The average Bonchev–Trinajstić information content (AvgIpc) is 2.52. The lowest BCUT2D eigenvalue weighted by molar-refractivity contribution is 0.0187. The summed E-state index contributed by atoms with van der Waals surface area (Å²) in [6.07, 6.45) is 5.46. The fourth-order valence-corrected chi connectivity index (χ4v) is 3.07. The second kappa shape index (κ2) is 7.88. The Labute approximate surface area is 140 Å². The van der Waals surface area contributed by atoms with Crippen LogP contribution in [0, 0.1) is 5.92 Å². The van der Waals surface area contributed by atoms with Crippen molar-refractivity contribution in [3.63, 3.8) is 0 Å². The molecule has 0 saturated carbocycles. The minimum Gasteiger partial charge on any atom is -0.444 e. The van der Waals surface area contributed by atoms with Crippen LogP contribution in [0.2, 0.25) is 0 Å². The zero-order valence-electron chi connectivity index (χ0n) is 14.9. The molecule has 0 aromatic carbocycles. The Kier molecular flexibility index (Phi) is 6.13. The molecule has 0 atom stereocenters. The third-order valence-electron chi connectivity index (χ3n) is 4.46. The van der Waals surface area contributed by atoms with E-state index >= 15 is 0 Å². The molecule has 2 fully saturated rings. The molecule has 132 valence electrons. The van der Waals surface area contributed by atoms with Crippen LogP contribution in [0.5, 0.6) is 0 Å². The summed E-state index contributed by atoms with van der Waals surface area (Å²) >= 11 is 0. The molecule has 0 aromatic rings. The summed E-state index contributed by atoms with van der Waals surface area (Å²) < 4.78 is 5.42. The Morgan fingerprint density at radius 1 is 1.09 bits per heavy atom. The zero-order chi connectivity index (χ0) is 16.9. The van der Waals surface area contributed by atoms with Crippen LogP contribution < -0.4 is 5.73 Å².